The molecule has 2 saturated heterocycles. The van der Waals surface area contributed by atoms with Crippen molar-refractivity contribution in [3.05, 3.63) is 12.7 Å². The molecule has 0 aromatic carbocycles. The van der Waals surface area contributed by atoms with E-state index in [1.54, 1.807) is 6.07 Å². The SMILES string of the molecule is C.C1CNCCN1.C=CC#N.N#CCCN1CCN(CC#N)CC1. The Morgan fingerprint density at radius 2 is 1.33 bits per heavy atom. The van der Waals surface area contributed by atoms with Gasteiger partial charge >= 0.3 is 0 Å². The van der Waals surface area contributed by atoms with Crippen molar-refractivity contribution in [2.24, 2.45) is 0 Å². The Hall–Kier alpha value is -1.95. The predicted octanol–water partition coefficient (Wildman–Crippen LogP) is 0.553. The molecule has 134 valence electrons. The van der Waals surface area contributed by atoms with E-state index >= 15 is 0 Å². The maximum absolute atomic E-state index is 8.48. The van der Waals surface area contributed by atoms with Crippen molar-refractivity contribution in [3.8, 4) is 18.2 Å². The first-order valence-electron chi connectivity index (χ1n) is 7.89. The van der Waals surface area contributed by atoms with Crippen LogP contribution in [0.5, 0.6) is 0 Å². The van der Waals surface area contributed by atoms with E-state index in [-0.39, 0.29) is 7.43 Å². The molecule has 24 heavy (non-hydrogen) atoms. The van der Waals surface area contributed by atoms with Gasteiger partial charge in [0.2, 0.25) is 0 Å². The van der Waals surface area contributed by atoms with Gasteiger partial charge < -0.3 is 10.6 Å². The maximum atomic E-state index is 8.48. The molecule has 0 aromatic rings. The van der Waals surface area contributed by atoms with Crippen LogP contribution in [0.15, 0.2) is 12.7 Å². The first-order chi connectivity index (χ1) is 11.3. The van der Waals surface area contributed by atoms with Gasteiger partial charge in [-0.1, -0.05) is 14.0 Å². The number of hydrogen-bond donors (Lipinski definition) is 2. The van der Waals surface area contributed by atoms with Crippen LogP contribution in [0.4, 0.5) is 0 Å². The Balaban J connectivity index is 0. The third kappa shape index (κ3) is 15.0. The van der Waals surface area contributed by atoms with E-state index in [9.17, 15) is 0 Å². The second kappa shape index (κ2) is 19.1. The normalized spacial score (nSPS) is 17.0. The van der Waals surface area contributed by atoms with Crippen molar-refractivity contribution in [2.75, 3.05) is 65.4 Å². The average molecular weight is 333 g/mol. The van der Waals surface area contributed by atoms with Crippen LogP contribution >= 0.6 is 0 Å². The first-order valence-corrected chi connectivity index (χ1v) is 7.89. The van der Waals surface area contributed by atoms with Crippen LogP contribution in [0.3, 0.4) is 0 Å². The molecule has 2 rings (SSSR count). The van der Waals surface area contributed by atoms with Crippen LogP contribution in [-0.2, 0) is 0 Å². The molecule has 0 amide bonds. The van der Waals surface area contributed by atoms with E-state index in [0.29, 0.717) is 13.0 Å². The predicted molar refractivity (Wildman–Crippen MR) is 97.0 cm³/mol. The number of nitrogens with zero attached hydrogens (tertiary/aromatic N) is 5. The zero-order valence-corrected chi connectivity index (χ0v) is 13.8. The zero-order chi connectivity index (χ0) is 17.2. The van der Waals surface area contributed by atoms with Gasteiger partial charge in [0.25, 0.3) is 0 Å². The molecule has 2 aliphatic heterocycles. The molecule has 2 fully saturated rings. The summed E-state index contributed by atoms with van der Waals surface area (Å²) in [5, 5.41) is 30.8. The van der Waals surface area contributed by atoms with Gasteiger partial charge in [-0.2, -0.15) is 15.8 Å². The highest BCUT2D eigenvalue weighted by Crippen LogP contribution is 2.01. The fourth-order valence-corrected chi connectivity index (χ4v) is 2.08. The largest absolute Gasteiger partial charge is 0.314 e. The number of nitriles is 3. The van der Waals surface area contributed by atoms with Crippen molar-refractivity contribution in [2.45, 2.75) is 13.8 Å². The van der Waals surface area contributed by atoms with E-state index in [2.05, 4.69) is 39.2 Å². The monoisotopic (exact) mass is 333 g/mol. The summed E-state index contributed by atoms with van der Waals surface area (Å²) in [5.74, 6) is 0. The molecule has 0 unspecified atom stereocenters. The Bertz CT molecular complexity index is 393. The summed E-state index contributed by atoms with van der Waals surface area (Å²) in [7, 11) is 0. The quantitative estimate of drug-likeness (QED) is 0.574. The van der Waals surface area contributed by atoms with E-state index in [4.69, 9.17) is 15.8 Å². The van der Waals surface area contributed by atoms with Crippen molar-refractivity contribution >= 4 is 0 Å². The molecule has 2 aliphatic rings. The molecule has 2 heterocycles. The molecular weight excluding hydrogens is 302 g/mol. The van der Waals surface area contributed by atoms with Crippen molar-refractivity contribution in [1.29, 1.82) is 15.8 Å². The van der Waals surface area contributed by atoms with Gasteiger partial charge in [0.15, 0.2) is 0 Å². The fraction of sp³-hybridized carbons (Fsp3) is 0.706. The molecule has 0 aromatic heterocycles. The van der Waals surface area contributed by atoms with Crippen LogP contribution in [0.1, 0.15) is 13.8 Å². The topological polar surface area (TPSA) is 102 Å². The molecule has 7 nitrogen and oxygen atoms in total. The molecule has 0 spiro atoms. The van der Waals surface area contributed by atoms with Gasteiger partial charge in [0.05, 0.1) is 24.8 Å². The number of nitrogens with one attached hydrogen (secondary N) is 2. The van der Waals surface area contributed by atoms with Gasteiger partial charge in [0, 0.05) is 71.4 Å². The molecule has 0 radical (unpaired) electrons. The van der Waals surface area contributed by atoms with Gasteiger partial charge in [-0.25, -0.2) is 0 Å². The average Bonchev–Trinajstić information content (AvgIpc) is 2.63. The second-order valence-corrected chi connectivity index (χ2v) is 5.02. The minimum Gasteiger partial charge on any atom is -0.314 e. The van der Waals surface area contributed by atoms with E-state index < -0.39 is 0 Å². The van der Waals surface area contributed by atoms with Crippen LogP contribution in [-0.4, -0.2) is 75.2 Å². The zero-order valence-electron chi connectivity index (χ0n) is 13.8. The molecule has 7 heteroatoms. The Morgan fingerprint density at radius 3 is 1.67 bits per heavy atom. The Morgan fingerprint density at radius 1 is 0.875 bits per heavy atom. The van der Waals surface area contributed by atoms with Gasteiger partial charge in [-0.15, -0.1) is 0 Å². The Kier molecular flexibility index (Phi) is 19.3. The fourth-order valence-electron chi connectivity index (χ4n) is 2.08. The van der Waals surface area contributed by atoms with Gasteiger partial charge in [-0.3, -0.25) is 9.80 Å². The smallest absolute Gasteiger partial charge is 0.0905 e. The summed E-state index contributed by atoms with van der Waals surface area (Å²) >= 11 is 0. The molecule has 0 aliphatic carbocycles. The first kappa shape index (κ1) is 24.3. The second-order valence-electron chi connectivity index (χ2n) is 5.02. The highest BCUT2D eigenvalue weighted by atomic mass is 15.3. The summed E-state index contributed by atoms with van der Waals surface area (Å²) in [5.41, 5.74) is 0. The van der Waals surface area contributed by atoms with Crippen molar-refractivity contribution < 1.29 is 0 Å². The number of hydrogen-bond acceptors (Lipinski definition) is 7. The maximum Gasteiger partial charge on any atom is 0.0905 e. The standard InChI is InChI=1S/C9H14N4.C4H10N2.C3H3N.CH4/c10-2-1-4-12-6-8-13(5-3-11)9-7-12;1-2-6-4-3-5-1;1-2-3-4;/h1,4-9H2;5-6H,1-4H2;2H,1H2;1H4. The van der Waals surface area contributed by atoms with Gasteiger partial charge in [-0.05, 0) is 0 Å². The van der Waals surface area contributed by atoms with E-state index in [1.165, 1.54) is 6.08 Å². The lowest BCUT2D eigenvalue weighted by atomic mass is 10.3. The van der Waals surface area contributed by atoms with Crippen molar-refractivity contribution in [1.82, 2.24) is 20.4 Å². The summed E-state index contributed by atoms with van der Waals surface area (Å²) in [6, 6.07) is 5.99. The summed E-state index contributed by atoms with van der Waals surface area (Å²) in [6.07, 6.45) is 1.79. The van der Waals surface area contributed by atoms with Crippen LogP contribution in [0.25, 0.3) is 0 Å². The van der Waals surface area contributed by atoms with Crippen molar-refractivity contribution in [3.63, 3.8) is 0 Å². The van der Waals surface area contributed by atoms with Crippen LogP contribution in [0, 0.1) is 34.0 Å². The lowest BCUT2D eigenvalue weighted by Gasteiger charge is -2.32. The lowest BCUT2D eigenvalue weighted by molar-refractivity contribution is 0.146. The minimum atomic E-state index is 0. The van der Waals surface area contributed by atoms with Crippen LogP contribution in [0.2, 0.25) is 0 Å². The highest BCUT2D eigenvalue weighted by molar-refractivity contribution is 4.93. The number of rotatable bonds is 3. The van der Waals surface area contributed by atoms with Crippen LogP contribution < -0.4 is 10.6 Å². The number of piperazine rings is 2. The number of allylic oxidation sites excluding steroid dienone is 1. The van der Waals surface area contributed by atoms with Gasteiger partial charge in [0.1, 0.15) is 0 Å². The highest BCUT2D eigenvalue weighted by Gasteiger charge is 2.15. The van der Waals surface area contributed by atoms with E-state index in [0.717, 1.165) is 58.9 Å². The molecule has 2 N–H and O–H groups in total. The minimum absolute atomic E-state index is 0. The lowest BCUT2D eigenvalue weighted by Crippen LogP contribution is -2.46. The summed E-state index contributed by atoms with van der Waals surface area (Å²) in [6.45, 7) is 13.0. The third-order valence-corrected chi connectivity index (χ3v) is 3.35. The molecule has 0 saturated carbocycles. The molecule has 0 atom stereocenters. The summed E-state index contributed by atoms with van der Waals surface area (Å²) < 4.78 is 0. The van der Waals surface area contributed by atoms with E-state index in [1.807, 2.05) is 0 Å². The third-order valence-electron chi connectivity index (χ3n) is 3.35. The summed E-state index contributed by atoms with van der Waals surface area (Å²) in [4.78, 5) is 4.42. The Labute approximate surface area is 147 Å². The molecule has 0 bridgehead atoms. The molecular formula is C17H31N7.